The van der Waals surface area contributed by atoms with Gasteiger partial charge in [0, 0.05) is 18.7 Å². The van der Waals surface area contributed by atoms with Crippen LogP contribution in [0, 0.1) is 12.3 Å². The van der Waals surface area contributed by atoms with Gasteiger partial charge >= 0.3 is 0 Å². The second-order valence-electron chi connectivity index (χ2n) is 3.89. The zero-order chi connectivity index (χ0) is 11.4. The van der Waals surface area contributed by atoms with Crippen molar-refractivity contribution in [3.8, 4) is 12.3 Å². The molecule has 0 radical (unpaired) electrons. The first-order valence-corrected chi connectivity index (χ1v) is 6.53. The summed E-state index contributed by atoms with van der Waals surface area (Å²) in [6.07, 6.45) is 6.88. The molecule has 0 aliphatic carbocycles. The third-order valence-electron chi connectivity index (χ3n) is 2.57. The molecule has 0 aliphatic rings. The summed E-state index contributed by atoms with van der Waals surface area (Å²) < 4.78 is 22.2. The van der Waals surface area contributed by atoms with Gasteiger partial charge in [0.05, 0.1) is 4.75 Å². The van der Waals surface area contributed by atoms with E-state index in [2.05, 4.69) is 11.2 Å². The lowest BCUT2D eigenvalue weighted by atomic mass is 10.0. The van der Waals surface area contributed by atoms with Gasteiger partial charge in [-0.2, -0.15) is 0 Å². The number of hydrogen-bond acceptors (Lipinski definition) is 3. The molecule has 0 heterocycles. The predicted molar refractivity (Wildman–Crippen MR) is 59.8 cm³/mol. The second-order valence-corrected chi connectivity index (χ2v) is 6.49. The minimum Gasteiger partial charge on any atom is -0.312 e. The molecule has 0 aliphatic heterocycles. The van der Waals surface area contributed by atoms with Gasteiger partial charge in [-0.1, -0.05) is 6.92 Å². The van der Waals surface area contributed by atoms with Gasteiger partial charge in [0.25, 0.3) is 0 Å². The van der Waals surface area contributed by atoms with Crippen LogP contribution in [0.25, 0.3) is 0 Å². The van der Waals surface area contributed by atoms with Gasteiger partial charge in [-0.25, -0.2) is 8.42 Å². The van der Waals surface area contributed by atoms with Crippen molar-refractivity contribution in [2.75, 3.05) is 12.8 Å². The minimum atomic E-state index is -3.10. The first-order valence-electron chi connectivity index (χ1n) is 4.63. The summed E-state index contributed by atoms with van der Waals surface area (Å²) in [6.45, 7) is 6.05. The van der Waals surface area contributed by atoms with Crippen molar-refractivity contribution >= 4 is 9.84 Å². The van der Waals surface area contributed by atoms with Crippen LogP contribution in [0.3, 0.4) is 0 Å². The molecule has 0 aromatic carbocycles. The topological polar surface area (TPSA) is 46.2 Å². The molecular formula is C10H19NO2S. The molecule has 1 atom stereocenters. The normalized spacial score (nSPS) is 14.8. The molecule has 0 rings (SSSR count). The Balaban J connectivity index is 4.91. The van der Waals surface area contributed by atoms with Crippen LogP contribution in [0.5, 0.6) is 0 Å². The van der Waals surface area contributed by atoms with E-state index in [1.807, 2.05) is 6.92 Å². The molecule has 4 heteroatoms. The molecule has 0 saturated carbocycles. The van der Waals surface area contributed by atoms with Gasteiger partial charge in [-0.05, 0) is 20.4 Å². The van der Waals surface area contributed by atoms with Gasteiger partial charge in [0.1, 0.15) is 0 Å². The van der Waals surface area contributed by atoms with Crippen LogP contribution >= 0.6 is 0 Å². The molecule has 0 spiro atoms. The first-order chi connectivity index (χ1) is 6.27. The molecule has 0 fully saturated rings. The van der Waals surface area contributed by atoms with E-state index in [4.69, 9.17) is 6.42 Å². The van der Waals surface area contributed by atoms with Crippen LogP contribution in [-0.2, 0) is 9.84 Å². The fourth-order valence-electron chi connectivity index (χ4n) is 1.19. The van der Waals surface area contributed by atoms with E-state index in [-0.39, 0.29) is 6.04 Å². The van der Waals surface area contributed by atoms with Gasteiger partial charge in [0.15, 0.2) is 9.84 Å². The molecule has 14 heavy (non-hydrogen) atoms. The van der Waals surface area contributed by atoms with Gasteiger partial charge < -0.3 is 5.32 Å². The standard InChI is InChI=1S/C10H19NO2S/c1-6-8-9(11-7-2)10(3,4)14(5,12)13/h1,9,11H,7-8H2,2-5H3. The molecule has 0 saturated heterocycles. The van der Waals surface area contributed by atoms with Gasteiger partial charge in [-0.15, -0.1) is 12.3 Å². The summed E-state index contributed by atoms with van der Waals surface area (Å²) >= 11 is 0. The van der Waals surface area contributed by atoms with Crippen LogP contribution in [-0.4, -0.2) is 32.0 Å². The minimum absolute atomic E-state index is 0.188. The van der Waals surface area contributed by atoms with Crippen molar-refractivity contribution < 1.29 is 8.42 Å². The number of sulfone groups is 1. The third-order valence-corrected chi connectivity index (χ3v) is 4.76. The monoisotopic (exact) mass is 217 g/mol. The zero-order valence-electron chi connectivity index (χ0n) is 9.29. The Morgan fingerprint density at radius 2 is 2.00 bits per heavy atom. The first kappa shape index (κ1) is 13.5. The summed E-state index contributed by atoms with van der Waals surface area (Å²) in [7, 11) is -3.10. The fraction of sp³-hybridized carbons (Fsp3) is 0.800. The fourth-order valence-corrected chi connectivity index (χ4v) is 1.87. The summed E-state index contributed by atoms with van der Waals surface area (Å²) in [5.74, 6) is 2.50. The molecule has 3 nitrogen and oxygen atoms in total. The van der Waals surface area contributed by atoms with Gasteiger partial charge in [-0.3, -0.25) is 0 Å². The van der Waals surface area contributed by atoms with Crippen molar-refractivity contribution in [3.63, 3.8) is 0 Å². The molecule has 0 amide bonds. The lowest BCUT2D eigenvalue weighted by Gasteiger charge is -2.32. The highest BCUT2D eigenvalue weighted by molar-refractivity contribution is 7.92. The van der Waals surface area contributed by atoms with E-state index < -0.39 is 14.6 Å². The Labute approximate surface area is 87.2 Å². The highest BCUT2D eigenvalue weighted by Gasteiger charge is 2.37. The zero-order valence-corrected chi connectivity index (χ0v) is 10.1. The van der Waals surface area contributed by atoms with Crippen molar-refractivity contribution in [2.24, 2.45) is 0 Å². The lowest BCUT2D eigenvalue weighted by Crippen LogP contribution is -2.51. The van der Waals surface area contributed by atoms with E-state index in [1.165, 1.54) is 6.26 Å². The lowest BCUT2D eigenvalue weighted by molar-refractivity contribution is 0.422. The maximum absolute atomic E-state index is 11.5. The van der Waals surface area contributed by atoms with Crippen LogP contribution in [0.4, 0.5) is 0 Å². The number of rotatable bonds is 5. The Hall–Kier alpha value is -0.530. The highest BCUT2D eigenvalue weighted by atomic mass is 32.2. The van der Waals surface area contributed by atoms with E-state index in [1.54, 1.807) is 13.8 Å². The predicted octanol–water partition coefficient (Wildman–Crippen LogP) is 0.811. The van der Waals surface area contributed by atoms with Gasteiger partial charge in [0.2, 0.25) is 0 Å². The van der Waals surface area contributed by atoms with Crippen LogP contribution < -0.4 is 5.32 Å². The van der Waals surface area contributed by atoms with Crippen molar-refractivity contribution in [1.29, 1.82) is 0 Å². The van der Waals surface area contributed by atoms with Crippen LogP contribution in [0.2, 0.25) is 0 Å². The Kier molecular flexibility index (Phi) is 4.63. The number of nitrogens with one attached hydrogen (secondary N) is 1. The smallest absolute Gasteiger partial charge is 0.154 e. The summed E-state index contributed by atoms with van der Waals surface area (Å²) in [5.41, 5.74) is 0. The molecule has 82 valence electrons. The highest BCUT2D eigenvalue weighted by Crippen LogP contribution is 2.22. The summed E-state index contributed by atoms with van der Waals surface area (Å²) in [5, 5.41) is 3.11. The molecule has 0 bridgehead atoms. The Morgan fingerprint density at radius 3 is 2.29 bits per heavy atom. The SMILES string of the molecule is C#CCC(NCC)C(C)(C)S(C)(=O)=O. The van der Waals surface area contributed by atoms with Crippen LogP contribution in [0.15, 0.2) is 0 Å². The number of hydrogen-bond donors (Lipinski definition) is 1. The van der Waals surface area contributed by atoms with E-state index in [0.717, 1.165) is 0 Å². The Morgan fingerprint density at radius 1 is 1.50 bits per heavy atom. The van der Waals surface area contributed by atoms with Crippen molar-refractivity contribution in [2.45, 2.75) is 38.0 Å². The summed E-state index contributed by atoms with van der Waals surface area (Å²) in [4.78, 5) is 0. The summed E-state index contributed by atoms with van der Waals surface area (Å²) in [6, 6.07) is -0.188. The molecule has 0 aromatic rings. The molecular weight excluding hydrogens is 198 g/mol. The second kappa shape index (κ2) is 4.81. The number of terminal acetylenes is 1. The van der Waals surface area contributed by atoms with Crippen LogP contribution in [0.1, 0.15) is 27.2 Å². The van der Waals surface area contributed by atoms with E-state index >= 15 is 0 Å². The third kappa shape index (κ3) is 3.00. The van der Waals surface area contributed by atoms with E-state index in [9.17, 15) is 8.42 Å². The average molecular weight is 217 g/mol. The van der Waals surface area contributed by atoms with E-state index in [0.29, 0.717) is 13.0 Å². The quantitative estimate of drug-likeness (QED) is 0.693. The average Bonchev–Trinajstić information content (AvgIpc) is 2.02. The molecule has 1 unspecified atom stereocenters. The van der Waals surface area contributed by atoms with Crippen molar-refractivity contribution in [1.82, 2.24) is 5.32 Å². The molecule has 0 aromatic heterocycles. The largest absolute Gasteiger partial charge is 0.312 e. The maximum atomic E-state index is 11.5. The maximum Gasteiger partial charge on any atom is 0.154 e. The van der Waals surface area contributed by atoms with Crippen molar-refractivity contribution in [3.05, 3.63) is 0 Å². The Bertz CT molecular complexity index is 312. The molecule has 1 N–H and O–H groups in total.